The third kappa shape index (κ3) is 3.54. The van der Waals surface area contributed by atoms with Gasteiger partial charge in [0.1, 0.15) is 18.2 Å². The Morgan fingerprint density at radius 3 is 2.57 bits per heavy atom. The van der Waals surface area contributed by atoms with E-state index in [1.54, 1.807) is 18.2 Å². The highest BCUT2D eigenvalue weighted by atomic mass is 19.1. The average molecular weight is 313 g/mol. The SMILES string of the molecule is C=CCOc1ccc(C2CC(C)ON2c2ccc(F)cc2)cc1. The van der Waals surface area contributed by atoms with Crippen molar-refractivity contribution in [1.29, 1.82) is 0 Å². The number of anilines is 1. The Morgan fingerprint density at radius 2 is 1.91 bits per heavy atom. The zero-order chi connectivity index (χ0) is 16.2. The highest BCUT2D eigenvalue weighted by Crippen LogP contribution is 2.38. The molecular formula is C19H20FNO2. The average Bonchev–Trinajstić information content (AvgIpc) is 2.96. The Balaban J connectivity index is 1.81. The summed E-state index contributed by atoms with van der Waals surface area (Å²) >= 11 is 0. The molecule has 1 fully saturated rings. The van der Waals surface area contributed by atoms with Crippen LogP contribution in [0.3, 0.4) is 0 Å². The minimum Gasteiger partial charge on any atom is -0.490 e. The van der Waals surface area contributed by atoms with Gasteiger partial charge in [-0.3, -0.25) is 4.84 Å². The zero-order valence-corrected chi connectivity index (χ0v) is 13.1. The minimum atomic E-state index is -0.249. The molecule has 0 bridgehead atoms. The number of halogens is 1. The highest BCUT2D eigenvalue weighted by molar-refractivity contribution is 5.47. The minimum absolute atomic E-state index is 0.101. The first-order chi connectivity index (χ1) is 11.2. The molecule has 2 unspecified atom stereocenters. The van der Waals surface area contributed by atoms with Crippen molar-refractivity contribution in [2.45, 2.75) is 25.5 Å². The lowest BCUT2D eigenvalue weighted by Crippen LogP contribution is -2.21. The van der Waals surface area contributed by atoms with Crippen LogP contribution >= 0.6 is 0 Å². The van der Waals surface area contributed by atoms with E-state index in [1.165, 1.54) is 12.1 Å². The Morgan fingerprint density at radius 1 is 1.22 bits per heavy atom. The summed E-state index contributed by atoms with van der Waals surface area (Å²) in [4.78, 5) is 5.92. The Hall–Kier alpha value is -2.33. The van der Waals surface area contributed by atoms with Crippen LogP contribution in [-0.2, 0) is 4.84 Å². The molecule has 3 rings (SSSR count). The molecule has 23 heavy (non-hydrogen) atoms. The van der Waals surface area contributed by atoms with E-state index in [1.807, 2.05) is 36.3 Å². The zero-order valence-electron chi connectivity index (χ0n) is 13.1. The summed E-state index contributed by atoms with van der Waals surface area (Å²) in [6, 6.07) is 14.5. The number of hydrogen-bond acceptors (Lipinski definition) is 3. The van der Waals surface area contributed by atoms with Gasteiger partial charge in [-0.25, -0.2) is 9.45 Å². The van der Waals surface area contributed by atoms with Gasteiger partial charge in [0.15, 0.2) is 0 Å². The van der Waals surface area contributed by atoms with Gasteiger partial charge in [0.05, 0.1) is 17.8 Å². The molecule has 0 spiro atoms. The topological polar surface area (TPSA) is 21.7 Å². The van der Waals surface area contributed by atoms with Crippen LogP contribution in [0.2, 0.25) is 0 Å². The summed E-state index contributed by atoms with van der Waals surface area (Å²) in [6.07, 6.45) is 2.71. The molecule has 3 nitrogen and oxygen atoms in total. The quantitative estimate of drug-likeness (QED) is 0.749. The third-order valence-electron chi connectivity index (χ3n) is 3.85. The van der Waals surface area contributed by atoms with Gasteiger partial charge in [-0.15, -0.1) is 0 Å². The lowest BCUT2D eigenvalue weighted by Gasteiger charge is -2.25. The van der Waals surface area contributed by atoms with Crippen LogP contribution in [0, 0.1) is 5.82 Å². The molecule has 0 aliphatic carbocycles. The summed E-state index contributed by atoms with van der Waals surface area (Å²) in [7, 11) is 0. The summed E-state index contributed by atoms with van der Waals surface area (Å²) in [5, 5.41) is 1.86. The summed E-state index contributed by atoms with van der Waals surface area (Å²) in [5.41, 5.74) is 2.00. The fourth-order valence-electron chi connectivity index (χ4n) is 2.76. The number of nitrogens with zero attached hydrogens (tertiary/aromatic N) is 1. The van der Waals surface area contributed by atoms with E-state index in [9.17, 15) is 4.39 Å². The first-order valence-electron chi connectivity index (χ1n) is 7.72. The summed E-state index contributed by atoms with van der Waals surface area (Å²) < 4.78 is 18.7. The van der Waals surface area contributed by atoms with E-state index in [4.69, 9.17) is 9.57 Å². The normalized spacial score (nSPS) is 20.5. The maximum atomic E-state index is 13.1. The van der Waals surface area contributed by atoms with E-state index in [-0.39, 0.29) is 18.0 Å². The molecule has 2 aromatic rings. The van der Waals surface area contributed by atoms with Gasteiger partial charge in [0, 0.05) is 6.42 Å². The van der Waals surface area contributed by atoms with Gasteiger partial charge in [0.25, 0.3) is 0 Å². The number of ether oxygens (including phenoxy) is 1. The Labute approximate surface area is 135 Å². The van der Waals surface area contributed by atoms with Gasteiger partial charge in [-0.2, -0.15) is 0 Å². The van der Waals surface area contributed by atoms with Gasteiger partial charge in [-0.05, 0) is 48.9 Å². The maximum absolute atomic E-state index is 13.1. The van der Waals surface area contributed by atoms with E-state index in [2.05, 4.69) is 6.58 Å². The van der Waals surface area contributed by atoms with Crippen molar-refractivity contribution in [1.82, 2.24) is 0 Å². The summed E-state index contributed by atoms with van der Waals surface area (Å²) in [5.74, 6) is 0.565. The lowest BCUT2D eigenvalue weighted by atomic mass is 10.0. The maximum Gasteiger partial charge on any atom is 0.123 e. The third-order valence-corrected chi connectivity index (χ3v) is 3.85. The Kier molecular flexibility index (Phi) is 4.63. The van der Waals surface area contributed by atoms with Crippen molar-refractivity contribution in [3.8, 4) is 5.75 Å². The molecule has 2 aromatic carbocycles. The number of hydrogen-bond donors (Lipinski definition) is 0. The van der Waals surface area contributed by atoms with Gasteiger partial charge in [-0.1, -0.05) is 24.8 Å². The van der Waals surface area contributed by atoms with Crippen molar-refractivity contribution >= 4 is 5.69 Å². The molecule has 0 radical (unpaired) electrons. The van der Waals surface area contributed by atoms with Crippen molar-refractivity contribution in [2.75, 3.05) is 11.7 Å². The van der Waals surface area contributed by atoms with Crippen LogP contribution in [0.25, 0.3) is 0 Å². The van der Waals surface area contributed by atoms with E-state index < -0.39 is 0 Å². The predicted octanol–water partition coefficient (Wildman–Crippen LogP) is 4.66. The molecule has 1 aliphatic heterocycles. The van der Waals surface area contributed by atoms with Crippen molar-refractivity contribution in [3.63, 3.8) is 0 Å². The van der Waals surface area contributed by atoms with Gasteiger partial charge in [0.2, 0.25) is 0 Å². The summed E-state index contributed by atoms with van der Waals surface area (Å²) in [6.45, 7) is 6.17. The molecular weight excluding hydrogens is 293 g/mol. The van der Waals surface area contributed by atoms with Crippen molar-refractivity contribution in [3.05, 3.63) is 72.6 Å². The predicted molar refractivity (Wildman–Crippen MR) is 88.9 cm³/mol. The first-order valence-corrected chi connectivity index (χ1v) is 7.72. The molecule has 0 aromatic heterocycles. The van der Waals surface area contributed by atoms with Crippen LogP contribution in [0.15, 0.2) is 61.2 Å². The Bertz CT molecular complexity index is 654. The van der Waals surface area contributed by atoms with Crippen LogP contribution < -0.4 is 9.80 Å². The van der Waals surface area contributed by atoms with Gasteiger partial charge >= 0.3 is 0 Å². The number of rotatable bonds is 5. The molecule has 0 amide bonds. The second kappa shape index (κ2) is 6.84. The fraction of sp³-hybridized carbons (Fsp3) is 0.263. The van der Waals surface area contributed by atoms with Crippen molar-refractivity contribution < 1.29 is 14.0 Å². The second-order valence-corrected chi connectivity index (χ2v) is 5.64. The molecule has 0 saturated carbocycles. The molecule has 0 N–H and O–H groups in total. The monoisotopic (exact) mass is 313 g/mol. The smallest absolute Gasteiger partial charge is 0.123 e. The number of hydroxylamine groups is 1. The first kappa shape index (κ1) is 15.6. The second-order valence-electron chi connectivity index (χ2n) is 5.64. The molecule has 1 aliphatic rings. The van der Waals surface area contributed by atoms with Crippen molar-refractivity contribution in [2.24, 2.45) is 0 Å². The largest absolute Gasteiger partial charge is 0.490 e. The molecule has 4 heteroatoms. The van der Waals surface area contributed by atoms with Crippen LogP contribution in [-0.4, -0.2) is 12.7 Å². The lowest BCUT2D eigenvalue weighted by molar-refractivity contribution is 0.0959. The van der Waals surface area contributed by atoms with E-state index in [0.717, 1.165) is 23.4 Å². The highest BCUT2D eigenvalue weighted by Gasteiger charge is 2.32. The van der Waals surface area contributed by atoms with E-state index in [0.29, 0.717) is 6.61 Å². The van der Waals surface area contributed by atoms with Crippen LogP contribution in [0.4, 0.5) is 10.1 Å². The van der Waals surface area contributed by atoms with Crippen LogP contribution in [0.1, 0.15) is 24.9 Å². The van der Waals surface area contributed by atoms with Crippen LogP contribution in [0.5, 0.6) is 5.75 Å². The molecule has 120 valence electrons. The fourth-order valence-corrected chi connectivity index (χ4v) is 2.76. The van der Waals surface area contributed by atoms with E-state index >= 15 is 0 Å². The van der Waals surface area contributed by atoms with Gasteiger partial charge < -0.3 is 4.74 Å². The molecule has 2 atom stereocenters. The standard InChI is InChI=1S/C19H20FNO2/c1-3-12-22-18-10-4-15(5-11-18)19-13-14(2)23-21(19)17-8-6-16(20)7-9-17/h3-11,14,19H,1,12-13H2,2H3. The number of benzene rings is 2. The molecule has 1 saturated heterocycles. The molecule has 1 heterocycles.